The average Bonchev–Trinajstić information content (AvgIpc) is 3.33. The molecule has 1 N–H and O–H groups in total. The number of nitrogens with zero attached hydrogens (tertiary/aromatic N) is 4. The minimum absolute atomic E-state index is 0.222. The Kier molecular flexibility index (Phi) is 5.20. The highest BCUT2D eigenvalue weighted by Gasteiger charge is 2.24. The Bertz CT molecular complexity index is 1230. The van der Waals surface area contributed by atoms with Gasteiger partial charge in [-0.25, -0.2) is 4.39 Å². The first-order valence-corrected chi connectivity index (χ1v) is 9.80. The number of halogens is 1. The van der Waals surface area contributed by atoms with Crippen LogP contribution in [0.15, 0.2) is 54.9 Å². The van der Waals surface area contributed by atoms with E-state index in [0.717, 1.165) is 22.6 Å². The summed E-state index contributed by atoms with van der Waals surface area (Å²) >= 11 is 1.15. The molecule has 0 radical (unpaired) electrons. The van der Waals surface area contributed by atoms with Gasteiger partial charge in [-0.05, 0) is 56.3 Å². The Labute approximate surface area is 175 Å². The van der Waals surface area contributed by atoms with Gasteiger partial charge in [-0.15, -0.1) is 10.2 Å². The Morgan fingerprint density at radius 1 is 1.10 bits per heavy atom. The third-order valence-electron chi connectivity index (χ3n) is 4.52. The minimum Gasteiger partial charge on any atom is -0.318 e. The highest BCUT2D eigenvalue weighted by Crippen LogP contribution is 2.26. The molecule has 3 aromatic heterocycles. The highest BCUT2D eigenvalue weighted by atomic mass is 32.1. The van der Waals surface area contributed by atoms with Crippen molar-refractivity contribution in [1.29, 1.82) is 0 Å². The van der Waals surface area contributed by atoms with Crippen LogP contribution >= 0.6 is 11.3 Å². The van der Waals surface area contributed by atoms with Crippen molar-refractivity contribution < 1.29 is 14.0 Å². The van der Waals surface area contributed by atoms with Gasteiger partial charge in [-0.1, -0.05) is 11.3 Å². The molecular weight excluding hydrogens is 405 g/mol. The fourth-order valence-corrected chi connectivity index (χ4v) is 3.86. The van der Waals surface area contributed by atoms with Crippen LogP contribution in [0.25, 0.3) is 16.3 Å². The van der Waals surface area contributed by atoms with Gasteiger partial charge in [0.1, 0.15) is 5.82 Å². The molecule has 1 amide bonds. The van der Waals surface area contributed by atoms with Gasteiger partial charge in [0.15, 0.2) is 5.01 Å². The summed E-state index contributed by atoms with van der Waals surface area (Å²) in [5.41, 5.74) is 3.09. The molecule has 0 atom stereocenters. The maximum Gasteiger partial charge on any atom is 0.298 e. The molecule has 150 valence electrons. The number of aromatic nitrogens is 4. The van der Waals surface area contributed by atoms with Crippen molar-refractivity contribution in [1.82, 2.24) is 19.7 Å². The van der Waals surface area contributed by atoms with Crippen molar-refractivity contribution in [3.05, 3.63) is 77.6 Å². The summed E-state index contributed by atoms with van der Waals surface area (Å²) in [4.78, 5) is 29.3. The van der Waals surface area contributed by atoms with Gasteiger partial charge in [-0.2, -0.15) is 0 Å². The topological polar surface area (TPSA) is 89.8 Å². The number of anilines is 1. The lowest BCUT2D eigenvalue weighted by atomic mass is 10.1. The molecule has 9 heteroatoms. The lowest BCUT2D eigenvalue weighted by molar-refractivity contribution is -0.112. The molecule has 0 saturated carbocycles. The fraction of sp³-hybridized carbons (Fsp3) is 0.0952. The van der Waals surface area contributed by atoms with Gasteiger partial charge < -0.3 is 4.57 Å². The maximum atomic E-state index is 13.2. The van der Waals surface area contributed by atoms with Crippen molar-refractivity contribution in [2.24, 2.45) is 0 Å². The molecule has 3 heterocycles. The summed E-state index contributed by atoms with van der Waals surface area (Å²) in [6.45, 7) is 3.55. The van der Waals surface area contributed by atoms with Crippen LogP contribution in [0.5, 0.6) is 0 Å². The molecule has 4 aromatic rings. The molecule has 0 unspecified atom stereocenters. The third-order valence-corrected chi connectivity index (χ3v) is 5.41. The number of hydrogen-bond donors (Lipinski definition) is 1. The fourth-order valence-electron chi connectivity index (χ4n) is 3.14. The SMILES string of the molecule is Cc1cc(C(=O)C(=O)Nc2nnc(-c3cccnc3)s2)c(C)n1-c1ccc(F)cc1. The smallest absolute Gasteiger partial charge is 0.298 e. The van der Waals surface area contributed by atoms with E-state index in [1.807, 2.05) is 13.0 Å². The normalized spacial score (nSPS) is 10.8. The van der Waals surface area contributed by atoms with E-state index in [1.165, 1.54) is 12.1 Å². The first-order valence-electron chi connectivity index (χ1n) is 8.98. The zero-order valence-electron chi connectivity index (χ0n) is 16.1. The van der Waals surface area contributed by atoms with E-state index in [4.69, 9.17) is 0 Å². The molecule has 30 heavy (non-hydrogen) atoms. The summed E-state index contributed by atoms with van der Waals surface area (Å²) in [6, 6.07) is 11.2. The van der Waals surface area contributed by atoms with Gasteiger partial charge in [0.2, 0.25) is 5.13 Å². The number of benzene rings is 1. The van der Waals surface area contributed by atoms with Crippen LogP contribution in [-0.4, -0.2) is 31.4 Å². The van der Waals surface area contributed by atoms with E-state index in [2.05, 4.69) is 20.5 Å². The Balaban J connectivity index is 1.55. The molecule has 0 aliphatic carbocycles. The zero-order chi connectivity index (χ0) is 21.3. The van der Waals surface area contributed by atoms with Crippen molar-refractivity contribution in [3.63, 3.8) is 0 Å². The predicted octanol–water partition coefficient (Wildman–Crippen LogP) is 3.97. The van der Waals surface area contributed by atoms with Gasteiger partial charge in [-0.3, -0.25) is 19.9 Å². The minimum atomic E-state index is -0.803. The third kappa shape index (κ3) is 3.74. The van der Waals surface area contributed by atoms with Crippen LogP contribution in [-0.2, 0) is 4.79 Å². The number of hydrogen-bond acceptors (Lipinski definition) is 6. The van der Waals surface area contributed by atoms with Gasteiger partial charge in [0.25, 0.3) is 11.7 Å². The molecule has 7 nitrogen and oxygen atoms in total. The maximum absolute atomic E-state index is 13.2. The second-order valence-electron chi connectivity index (χ2n) is 6.53. The second-order valence-corrected chi connectivity index (χ2v) is 7.51. The summed E-state index contributed by atoms with van der Waals surface area (Å²) in [5.74, 6) is -1.84. The Hall–Kier alpha value is -3.72. The molecule has 0 bridgehead atoms. The van der Waals surface area contributed by atoms with E-state index in [0.29, 0.717) is 16.4 Å². The number of nitrogens with one attached hydrogen (secondary N) is 1. The Morgan fingerprint density at radius 2 is 1.87 bits per heavy atom. The van der Waals surface area contributed by atoms with E-state index < -0.39 is 11.7 Å². The molecule has 0 spiro atoms. The van der Waals surface area contributed by atoms with E-state index >= 15 is 0 Å². The number of carbonyl (C=O) groups is 2. The highest BCUT2D eigenvalue weighted by molar-refractivity contribution is 7.18. The summed E-state index contributed by atoms with van der Waals surface area (Å²) in [7, 11) is 0. The van der Waals surface area contributed by atoms with Crippen molar-refractivity contribution in [2.75, 3.05) is 5.32 Å². The number of rotatable bonds is 5. The van der Waals surface area contributed by atoms with Crippen LogP contribution in [0.1, 0.15) is 21.7 Å². The number of carbonyl (C=O) groups excluding carboxylic acids is 2. The number of aryl methyl sites for hydroxylation is 1. The van der Waals surface area contributed by atoms with Crippen LogP contribution in [0, 0.1) is 19.7 Å². The van der Waals surface area contributed by atoms with E-state index in [1.54, 1.807) is 48.1 Å². The summed E-state index contributed by atoms with van der Waals surface area (Å²) < 4.78 is 15.0. The first-order chi connectivity index (χ1) is 14.4. The quantitative estimate of drug-likeness (QED) is 0.389. The van der Waals surface area contributed by atoms with Crippen molar-refractivity contribution in [3.8, 4) is 16.3 Å². The Morgan fingerprint density at radius 3 is 2.57 bits per heavy atom. The van der Waals surface area contributed by atoms with Crippen LogP contribution in [0.4, 0.5) is 9.52 Å². The average molecular weight is 421 g/mol. The first kappa shape index (κ1) is 19.6. The second kappa shape index (κ2) is 7.96. The van der Waals surface area contributed by atoms with Gasteiger partial charge in [0.05, 0.1) is 0 Å². The molecule has 0 fully saturated rings. The number of ketones is 1. The number of Topliss-reactive ketones (excluding diaryl/α,β-unsaturated/α-hetero) is 1. The lowest BCUT2D eigenvalue weighted by Crippen LogP contribution is -2.23. The number of amides is 1. The standard InChI is InChI=1S/C21H16FN5O2S/c1-12-10-17(13(2)27(12)16-7-5-15(22)6-8-16)18(28)19(29)24-21-26-25-20(30-21)14-4-3-9-23-11-14/h3-11H,1-2H3,(H,24,26,29). The van der Waals surface area contributed by atoms with E-state index in [-0.39, 0.29) is 16.5 Å². The van der Waals surface area contributed by atoms with Crippen molar-refractivity contribution in [2.45, 2.75) is 13.8 Å². The predicted molar refractivity (Wildman–Crippen MR) is 111 cm³/mol. The van der Waals surface area contributed by atoms with Gasteiger partial charge >= 0.3 is 0 Å². The molecule has 0 aliphatic heterocycles. The molecule has 0 aliphatic rings. The van der Waals surface area contributed by atoms with Gasteiger partial charge in [0, 0.05) is 40.6 Å². The monoisotopic (exact) mass is 421 g/mol. The van der Waals surface area contributed by atoms with Crippen LogP contribution in [0.3, 0.4) is 0 Å². The zero-order valence-corrected chi connectivity index (χ0v) is 16.9. The summed E-state index contributed by atoms with van der Waals surface area (Å²) in [5, 5.41) is 11.3. The number of pyridine rings is 1. The van der Waals surface area contributed by atoms with Crippen LogP contribution in [0.2, 0.25) is 0 Å². The summed E-state index contributed by atoms with van der Waals surface area (Å²) in [6.07, 6.45) is 3.29. The molecule has 0 saturated heterocycles. The lowest BCUT2D eigenvalue weighted by Gasteiger charge is -2.09. The largest absolute Gasteiger partial charge is 0.318 e. The molecular formula is C21H16FN5O2S. The molecule has 4 rings (SSSR count). The van der Waals surface area contributed by atoms with Crippen molar-refractivity contribution >= 4 is 28.2 Å². The molecule has 1 aromatic carbocycles. The van der Waals surface area contributed by atoms with Crippen LogP contribution < -0.4 is 5.32 Å². The van der Waals surface area contributed by atoms with E-state index in [9.17, 15) is 14.0 Å².